The Hall–Kier alpha value is -0.410. The van der Waals surface area contributed by atoms with Crippen LogP contribution in [-0.4, -0.2) is 40.9 Å². The quantitative estimate of drug-likeness (QED) is 0.619. The molecule has 0 spiro atoms. The van der Waals surface area contributed by atoms with Gasteiger partial charge in [-0.05, 0) is 13.3 Å². The second kappa shape index (κ2) is 2.79. The third kappa shape index (κ3) is 1.14. The molecule has 2 fully saturated rings. The van der Waals surface area contributed by atoms with Crippen LogP contribution in [0.4, 0.5) is 4.39 Å². The van der Waals surface area contributed by atoms with Gasteiger partial charge in [-0.15, -0.1) is 0 Å². The van der Waals surface area contributed by atoms with Crippen LogP contribution in [0, 0.1) is 0 Å². The zero-order valence-electron chi connectivity index (χ0n) is 7.96. The summed E-state index contributed by atoms with van der Waals surface area (Å²) in [5.41, 5.74) is 0.795. The van der Waals surface area contributed by atoms with Crippen LogP contribution in [0.25, 0.3) is 0 Å². The number of aliphatic hydroxyl groups excluding tert-OH is 1. The molecular weight excluding hydrogens is 169 g/mol. The van der Waals surface area contributed by atoms with Gasteiger partial charge in [-0.3, -0.25) is 4.90 Å². The fourth-order valence-corrected chi connectivity index (χ4v) is 2.74. The molecule has 0 aromatic heterocycles. The van der Waals surface area contributed by atoms with Crippen molar-refractivity contribution in [3.63, 3.8) is 0 Å². The van der Waals surface area contributed by atoms with E-state index in [1.54, 1.807) is 0 Å². The Morgan fingerprint density at radius 1 is 1.77 bits per heavy atom. The SMILES string of the molecule is C=C1CN2[C@H](C)[C@@H](F)C[C@@]2(CO)C1. The van der Waals surface area contributed by atoms with E-state index in [-0.39, 0.29) is 18.2 Å². The number of aliphatic hydroxyl groups is 1. The Kier molecular flexibility index (Phi) is 1.96. The summed E-state index contributed by atoms with van der Waals surface area (Å²) >= 11 is 0. The number of fused-ring (bicyclic) bond motifs is 1. The normalized spacial score (nSPS) is 45.6. The summed E-state index contributed by atoms with van der Waals surface area (Å²) in [4.78, 5) is 2.07. The lowest BCUT2D eigenvalue weighted by atomic mass is 9.93. The van der Waals surface area contributed by atoms with Crippen LogP contribution in [0.1, 0.15) is 19.8 Å². The third-order valence-electron chi connectivity index (χ3n) is 3.47. The van der Waals surface area contributed by atoms with Crippen molar-refractivity contribution in [1.29, 1.82) is 0 Å². The fraction of sp³-hybridized carbons (Fsp3) is 0.800. The highest BCUT2D eigenvalue weighted by atomic mass is 19.1. The zero-order chi connectivity index (χ0) is 9.64. The molecule has 0 radical (unpaired) electrons. The highest BCUT2D eigenvalue weighted by Gasteiger charge is 2.53. The standard InChI is InChI=1S/C10H16FNO/c1-7-3-10(6-13)4-9(11)8(2)12(10)5-7/h8-9,13H,1,3-6H2,2H3/t8-,9+,10-/m1/s1. The van der Waals surface area contributed by atoms with Gasteiger partial charge in [-0.1, -0.05) is 12.2 Å². The van der Waals surface area contributed by atoms with E-state index in [0.29, 0.717) is 6.42 Å². The van der Waals surface area contributed by atoms with E-state index in [0.717, 1.165) is 18.5 Å². The van der Waals surface area contributed by atoms with Gasteiger partial charge >= 0.3 is 0 Å². The summed E-state index contributed by atoms with van der Waals surface area (Å²) in [5.74, 6) is 0. The minimum atomic E-state index is -0.791. The molecule has 0 aromatic carbocycles. The smallest absolute Gasteiger partial charge is 0.117 e. The van der Waals surface area contributed by atoms with Gasteiger partial charge in [-0.25, -0.2) is 4.39 Å². The van der Waals surface area contributed by atoms with Gasteiger partial charge in [0.2, 0.25) is 0 Å². The molecule has 3 heteroatoms. The van der Waals surface area contributed by atoms with Gasteiger partial charge in [0.1, 0.15) is 6.17 Å². The Morgan fingerprint density at radius 2 is 2.46 bits per heavy atom. The van der Waals surface area contributed by atoms with Gasteiger partial charge in [0.05, 0.1) is 12.1 Å². The van der Waals surface area contributed by atoms with Gasteiger partial charge in [0, 0.05) is 19.0 Å². The summed E-state index contributed by atoms with van der Waals surface area (Å²) in [7, 11) is 0. The predicted molar refractivity (Wildman–Crippen MR) is 49.3 cm³/mol. The van der Waals surface area contributed by atoms with Crippen molar-refractivity contribution in [1.82, 2.24) is 4.90 Å². The average Bonchev–Trinajstić information content (AvgIpc) is 2.51. The molecule has 1 N–H and O–H groups in total. The number of nitrogens with zero attached hydrogens (tertiary/aromatic N) is 1. The van der Waals surface area contributed by atoms with Crippen molar-refractivity contribution in [2.45, 2.75) is 37.5 Å². The summed E-state index contributed by atoms with van der Waals surface area (Å²) in [6, 6.07) is -0.0635. The second-order valence-electron chi connectivity index (χ2n) is 4.40. The molecule has 0 amide bonds. The van der Waals surface area contributed by atoms with E-state index < -0.39 is 6.17 Å². The summed E-state index contributed by atoms with van der Waals surface area (Å²) in [5, 5.41) is 9.33. The van der Waals surface area contributed by atoms with Gasteiger partial charge in [-0.2, -0.15) is 0 Å². The van der Waals surface area contributed by atoms with Crippen LogP contribution in [0.2, 0.25) is 0 Å². The van der Waals surface area contributed by atoms with Crippen molar-refractivity contribution in [3.05, 3.63) is 12.2 Å². The maximum Gasteiger partial charge on any atom is 0.117 e. The lowest BCUT2D eigenvalue weighted by Crippen LogP contribution is -2.44. The largest absolute Gasteiger partial charge is 0.394 e. The van der Waals surface area contributed by atoms with E-state index in [1.807, 2.05) is 6.92 Å². The maximum absolute atomic E-state index is 13.4. The fourth-order valence-electron chi connectivity index (χ4n) is 2.74. The van der Waals surface area contributed by atoms with Crippen LogP contribution in [-0.2, 0) is 0 Å². The predicted octanol–water partition coefficient (Wildman–Crippen LogP) is 1.11. The van der Waals surface area contributed by atoms with E-state index in [2.05, 4.69) is 11.5 Å². The molecule has 2 nitrogen and oxygen atoms in total. The van der Waals surface area contributed by atoms with E-state index in [4.69, 9.17) is 0 Å². The molecule has 0 aliphatic carbocycles. The first kappa shape index (κ1) is 9.16. The van der Waals surface area contributed by atoms with Crippen LogP contribution in [0.15, 0.2) is 12.2 Å². The first-order chi connectivity index (χ1) is 6.09. The number of hydrogen-bond donors (Lipinski definition) is 1. The molecule has 74 valence electrons. The molecular formula is C10H16FNO. The number of hydrogen-bond acceptors (Lipinski definition) is 2. The Bertz CT molecular complexity index is 243. The Balaban J connectivity index is 2.27. The van der Waals surface area contributed by atoms with E-state index >= 15 is 0 Å². The van der Waals surface area contributed by atoms with Crippen molar-refractivity contribution in [2.24, 2.45) is 0 Å². The van der Waals surface area contributed by atoms with E-state index in [1.165, 1.54) is 0 Å². The lowest BCUT2D eigenvalue weighted by molar-refractivity contribution is 0.0810. The lowest BCUT2D eigenvalue weighted by Gasteiger charge is -2.30. The van der Waals surface area contributed by atoms with Crippen molar-refractivity contribution in [3.8, 4) is 0 Å². The highest BCUT2D eigenvalue weighted by molar-refractivity contribution is 5.20. The maximum atomic E-state index is 13.4. The second-order valence-corrected chi connectivity index (χ2v) is 4.40. The summed E-state index contributed by atoms with van der Waals surface area (Å²) < 4.78 is 13.4. The Morgan fingerprint density at radius 3 is 3.00 bits per heavy atom. The monoisotopic (exact) mass is 185 g/mol. The van der Waals surface area contributed by atoms with Gasteiger partial charge in [0.15, 0.2) is 0 Å². The molecule has 2 aliphatic heterocycles. The first-order valence-electron chi connectivity index (χ1n) is 4.77. The molecule has 2 rings (SSSR count). The number of rotatable bonds is 1. The molecule has 0 bridgehead atoms. The van der Waals surface area contributed by atoms with Crippen molar-refractivity contribution in [2.75, 3.05) is 13.2 Å². The third-order valence-corrected chi connectivity index (χ3v) is 3.47. The molecule has 0 unspecified atom stereocenters. The molecule has 3 atom stereocenters. The number of alkyl halides is 1. The van der Waals surface area contributed by atoms with Crippen molar-refractivity contribution >= 4 is 0 Å². The zero-order valence-corrected chi connectivity index (χ0v) is 7.96. The van der Waals surface area contributed by atoms with Crippen LogP contribution >= 0.6 is 0 Å². The molecule has 0 aromatic rings. The topological polar surface area (TPSA) is 23.5 Å². The number of halogens is 1. The van der Waals surface area contributed by atoms with Crippen LogP contribution in [0.3, 0.4) is 0 Å². The minimum absolute atomic E-state index is 0.0524. The van der Waals surface area contributed by atoms with Gasteiger partial charge in [0.25, 0.3) is 0 Å². The van der Waals surface area contributed by atoms with Crippen LogP contribution in [0.5, 0.6) is 0 Å². The molecule has 2 heterocycles. The van der Waals surface area contributed by atoms with Gasteiger partial charge < -0.3 is 5.11 Å². The highest BCUT2D eigenvalue weighted by Crippen LogP contribution is 2.44. The summed E-state index contributed by atoms with van der Waals surface area (Å²) in [6.07, 6.45) is 0.429. The molecule has 13 heavy (non-hydrogen) atoms. The molecule has 2 saturated heterocycles. The van der Waals surface area contributed by atoms with E-state index in [9.17, 15) is 9.50 Å². The first-order valence-corrected chi connectivity index (χ1v) is 4.77. The molecule has 0 saturated carbocycles. The minimum Gasteiger partial charge on any atom is -0.394 e. The summed E-state index contributed by atoms with van der Waals surface area (Å²) in [6.45, 7) is 6.61. The molecule has 2 aliphatic rings. The van der Waals surface area contributed by atoms with Crippen molar-refractivity contribution < 1.29 is 9.50 Å². The average molecular weight is 185 g/mol. The Labute approximate surface area is 78.0 Å². The van der Waals surface area contributed by atoms with Crippen LogP contribution < -0.4 is 0 Å².